The largest absolute Gasteiger partial charge is 0.456 e. The average molecular weight is 1610 g/mol. The second-order valence-electron chi connectivity index (χ2n) is 30.4. The molecule has 0 saturated carbocycles. The van der Waals surface area contributed by atoms with Crippen LogP contribution >= 0.6 is 32.8 Å². The highest BCUT2D eigenvalue weighted by Crippen LogP contribution is 2.48. The van der Waals surface area contributed by atoms with Gasteiger partial charge in [-0.15, -0.1) is 11.3 Å². The normalized spacial score (nSPS) is 11.5. The van der Waals surface area contributed by atoms with Gasteiger partial charge >= 0.3 is 0 Å². The van der Waals surface area contributed by atoms with Crippen LogP contribution in [0.2, 0.25) is 0 Å². The Morgan fingerprint density at radius 3 is 0.975 bits per heavy atom. The number of hydrogen-bond acceptors (Lipinski definition) is 5. The van der Waals surface area contributed by atoms with Gasteiger partial charge in [0.2, 0.25) is 0 Å². The lowest BCUT2D eigenvalue weighted by Gasteiger charge is -2.23. The standard InChI is InChI=1S/2C27H21OP.C19H17OP.C19H14O.C19H14S/c1-20-16-18-23(19-17-20)29(28,26-14-6-10-21-8-2-4-12-24(21)26)27-15-7-11-22-9-3-5-13-25(22)27;1-20-10-14-25(15-11-20)29(28,26-16-12-21-6-2-4-8-23(21)18-26)27-17-13-22-7-3-5-9-24(22)19-27;1-16-12-14-19(15-13-16)21(20,17-8-4-2-5-9-17)18-10-6-3-7-11-18;2*1-13-6-8-14(9-7-13)15-10-11-19-17(12-15)16-4-2-3-5-18(16)20-19/h2*2-19H,1H3;2-15H,1H3;2*2-12H,1H3. The van der Waals surface area contributed by atoms with Crippen LogP contribution in [0, 0.1) is 34.6 Å². The summed E-state index contributed by atoms with van der Waals surface area (Å²) in [5.41, 5.74) is 13.0. The quantitative estimate of drug-likeness (QED) is 0.121. The molecular formula is C111H87O4P3S. The second kappa shape index (κ2) is 34.6. The minimum absolute atomic E-state index is 0.869. The number of rotatable bonds is 11. The Hall–Kier alpha value is -13.1. The molecule has 21 rings (SSSR count). The van der Waals surface area contributed by atoms with E-state index in [9.17, 15) is 9.13 Å². The third-order valence-electron chi connectivity index (χ3n) is 22.4. The third kappa shape index (κ3) is 16.3. The number of fused-ring (bicyclic) bond motifs is 10. The Morgan fingerprint density at radius 1 is 0.193 bits per heavy atom. The van der Waals surface area contributed by atoms with Gasteiger partial charge in [-0.25, -0.2) is 0 Å². The molecule has 119 heavy (non-hydrogen) atoms. The van der Waals surface area contributed by atoms with E-state index < -0.39 is 21.4 Å². The first-order valence-electron chi connectivity index (χ1n) is 40.2. The van der Waals surface area contributed by atoms with Gasteiger partial charge in [-0.1, -0.05) is 416 Å². The SMILES string of the molecule is Cc1ccc(-c2ccc3oc4ccccc4c3c2)cc1.Cc1ccc(-c2ccc3sc4ccccc4c3c2)cc1.Cc1ccc(P(=O)(c2ccc3ccccc3c2)c2ccc3ccccc3c2)cc1.Cc1ccc(P(=O)(c2cccc3ccccc23)c2cccc3ccccc23)cc1.Cc1ccc(P(=O)(c2ccccc2)c2ccccc2)cc1. The molecule has 0 amide bonds. The lowest BCUT2D eigenvalue weighted by Crippen LogP contribution is -2.26. The van der Waals surface area contributed by atoms with Crippen molar-refractivity contribution >= 4 is 166 Å². The van der Waals surface area contributed by atoms with Gasteiger partial charge in [0, 0.05) is 78.7 Å². The van der Waals surface area contributed by atoms with E-state index in [2.05, 4.69) is 246 Å². The van der Waals surface area contributed by atoms with E-state index >= 15 is 4.57 Å². The van der Waals surface area contributed by atoms with Crippen LogP contribution in [-0.4, -0.2) is 0 Å². The Balaban J connectivity index is 0.000000107. The van der Waals surface area contributed by atoms with E-state index in [1.165, 1.54) is 69.9 Å². The molecule has 0 bridgehead atoms. The highest BCUT2D eigenvalue weighted by atomic mass is 32.1. The van der Waals surface area contributed by atoms with Crippen LogP contribution in [0.3, 0.4) is 0 Å². The maximum absolute atomic E-state index is 15.2. The van der Waals surface area contributed by atoms with Crippen molar-refractivity contribution < 1.29 is 18.1 Å². The predicted molar refractivity (Wildman–Crippen MR) is 515 cm³/mol. The van der Waals surface area contributed by atoms with Crippen LogP contribution in [-0.2, 0) is 13.7 Å². The van der Waals surface area contributed by atoms with E-state index in [1.54, 1.807) is 0 Å². The fourth-order valence-corrected chi connectivity index (χ4v) is 25.3. The first-order chi connectivity index (χ1) is 58.1. The van der Waals surface area contributed by atoms with E-state index in [1.807, 2.05) is 237 Å². The smallest absolute Gasteiger partial charge is 0.172 e. The number of benzene rings is 19. The van der Waals surface area contributed by atoms with Crippen molar-refractivity contribution in [1.82, 2.24) is 0 Å². The van der Waals surface area contributed by atoms with Crippen molar-refractivity contribution in [3.8, 4) is 22.3 Å². The summed E-state index contributed by atoms with van der Waals surface area (Å²) < 4.78 is 52.5. The molecule has 0 radical (unpaired) electrons. The van der Waals surface area contributed by atoms with Gasteiger partial charge in [0.05, 0.1) is 0 Å². The van der Waals surface area contributed by atoms with Crippen molar-refractivity contribution in [3.05, 3.63) is 465 Å². The molecule has 2 aromatic heterocycles. The molecule has 4 nitrogen and oxygen atoms in total. The minimum Gasteiger partial charge on any atom is -0.456 e. The molecule has 19 aromatic carbocycles. The van der Waals surface area contributed by atoms with E-state index in [0.29, 0.717) is 0 Å². The number of furan rings is 1. The molecule has 2 heterocycles. The average Bonchev–Trinajstić information content (AvgIpc) is 1.70. The molecule has 0 unspecified atom stereocenters. The molecule has 8 heteroatoms. The van der Waals surface area contributed by atoms with Crippen LogP contribution < -0.4 is 47.7 Å². The molecule has 21 aromatic rings. The maximum atomic E-state index is 15.2. The zero-order valence-corrected chi connectivity index (χ0v) is 70.5. The zero-order chi connectivity index (χ0) is 81.5. The highest BCUT2D eigenvalue weighted by Gasteiger charge is 2.34. The number of aryl methyl sites for hydroxylation is 5. The lowest BCUT2D eigenvalue weighted by atomic mass is 10.0. The molecule has 0 aliphatic rings. The van der Waals surface area contributed by atoms with Gasteiger partial charge in [-0.3, -0.25) is 0 Å². The third-order valence-corrected chi connectivity index (χ3v) is 32.8. The summed E-state index contributed by atoms with van der Waals surface area (Å²) in [6, 6.07) is 149. The van der Waals surface area contributed by atoms with Crippen LogP contribution in [0.15, 0.2) is 441 Å². The Kier molecular flexibility index (Phi) is 22.8. The van der Waals surface area contributed by atoms with Crippen LogP contribution in [0.1, 0.15) is 27.8 Å². The van der Waals surface area contributed by atoms with Crippen molar-refractivity contribution in [3.63, 3.8) is 0 Å². The topological polar surface area (TPSA) is 64.3 Å². The zero-order valence-electron chi connectivity index (χ0n) is 67.0. The Bertz CT molecular complexity index is 6990. The van der Waals surface area contributed by atoms with E-state index in [0.717, 1.165) is 113 Å². The van der Waals surface area contributed by atoms with Crippen molar-refractivity contribution in [2.45, 2.75) is 34.6 Å². The van der Waals surface area contributed by atoms with Crippen molar-refractivity contribution in [2.75, 3.05) is 0 Å². The summed E-state index contributed by atoms with van der Waals surface area (Å²) in [5.74, 6) is 0. The molecular weight excluding hydrogens is 1520 g/mol. The summed E-state index contributed by atoms with van der Waals surface area (Å²) in [6.45, 7) is 10.4. The fourth-order valence-electron chi connectivity index (χ4n) is 15.9. The number of para-hydroxylation sites is 1. The Morgan fingerprint density at radius 2 is 0.504 bits per heavy atom. The molecule has 0 aliphatic heterocycles. The first kappa shape index (κ1) is 78.5. The molecule has 0 spiro atoms. The first-order valence-corrected chi connectivity index (χ1v) is 46.1. The van der Waals surface area contributed by atoms with Gasteiger partial charge in [-0.2, -0.15) is 0 Å². The Labute approximate surface area is 700 Å². The lowest BCUT2D eigenvalue weighted by molar-refractivity contribution is 0.591. The van der Waals surface area contributed by atoms with Gasteiger partial charge in [0.1, 0.15) is 11.2 Å². The molecule has 576 valence electrons. The molecule has 0 fully saturated rings. The fraction of sp³-hybridized carbons (Fsp3) is 0.0450. The van der Waals surface area contributed by atoms with Crippen molar-refractivity contribution in [2.24, 2.45) is 0 Å². The number of thiophene rings is 1. The van der Waals surface area contributed by atoms with E-state index in [-0.39, 0.29) is 0 Å². The number of hydrogen-bond donors (Lipinski definition) is 0. The van der Waals surface area contributed by atoms with Crippen LogP contribution in [0.25, 0.3) is 107 Å². The van der Waals surface area contributed by atoms with Gasteiger partial charge < -0.3 is 18.1 Å². The molecule has 0 aliphatic carbocycles. The van der Waals surface area contributed by atoms with Gasteiger partial charge in [-0.05, 0) is 148 Å². The van der Waals surface area contributed by atoms with Crippen LogP contribution in [0.5, 0.6) is 0 Å². The summed E-state index contributed by atoms with van der Waals surface area (Å²) >= 11 is 1.87. The molecule has 0 saturated heterocycles. The van der Waals surface area contributed by atoms with E-state index in [4.69, 9.17) is 4.42 Å². The molecule has 0 N–H and O–H groups in total. The monoisotopic (exact) mass is 1610 g/mol. The van der Waals surface area contributed by atoms with Gasteiger partial charge in [0.25, 0.3) is 0 Å². The summed E-state index contributed by atoms with van der Waals surface area (Å²) in [7, 11) is -8.89. The maximum Gasteiger partial charge on any atom is 0.172 e. The predicted octanol–water partition coefficient (Wildman–Crippen LogP) is 27.1. The summed E-state index contributed by atoms with van der Waals surface area (Å²) in [4.78, 5) is 0. The molecule has 0 atom stereocenters. The van der Waals surface area contributed by atoms with Crippen molar-refractivity contribution in [1.29, 1.82) is 0 Å². The minimum atomic E-state index is -3.09. The van der Waals surface area contributed by atoms with Crippen LogP contribution in [0.4, 0.5) is 0 Å². The summed E-state index contributed by atoms with van der Waals surface area (Å²) in [6.07, 6.45) is 0. The second-order valence-corrected chi connectivity index (χ2v) is 39.7. The highest BCUT2D eigenvalue weighted by molar-refractivity contribution is 7.86. The summed E-state index contributed by atoms with van der Waals surface area (Å²) in [5, 5.41) is 21.8. The van der Waals surface area contributed by atoms with Gasteiger partial charge in [0.15, 0.2) is 21.4 Å².